The summed E-state index contributed by atoms with van der Waals surface area (Å²) in [6.45, 7) is 8.35. The monoisotopic (exact) mass is 252 g/mol. The van der Waals surface area contributed by atoms with Crippen molar-refractivity contribution in [3.05, 3.63) is 67.0 Å². The largest absolute Gasteiger partial charge is 0.136 e. The van der Waals surface area contributed by atoms with E-state index in [1.807, 2.05) is 0 Å². The van der Waals surface area contributed by atoms with Gasteiger partial charge in [-0.1, -0.05) is 59.1 Å². The first-order valence-corrected chi connectivity index (χ1v) is 9.04. The van der Waals surface area contributed by atoms with Crippen molar-refractivity contribution >= 4 is 13.3 Å². The molecule has 0 aliphatic heterocycles. The number of benzene rings is 1. The lowest BCUT2D eigenvalue weighted by Gasteiger charge is -2.35. The Labute approximate surface area is 111 Å². The van der Waals surface area contributed by atoms with E-state index in [4.69, 9.17) is 0 Å². The van der Waals surface area contributed by atoms with Gasteiger partial charge in [0.25, 0.3) is 0 Å². The number of fused-ring (bicyclic) bond motifs is 2. The molecule has 1 heteroatoms. The van der Waals surface area contributed by atoms with Crippen LogP contribution in [0.25, 0.3) is 0 Å². The van der Waals surface area contributed by atoms with E-state index in [2.05, 4.69) is 67.0 Å². The van der Waals surface area contributed by atoms with Crippen LogP contribution in [-0.2, 0) is 0 Å². The molecule has 2 bridgehead atoms. The van der Waals surface area contributed by atoms with Crippen LogP contribution in [-0.4, -0.2) is 8.07 Å². The van der Waals surface area contributed by atoms with E-state index < -0.39 is 8.07 Å². The van der Waals surface area contributed by atoms with Crippen LogP contribution in [0.15, 0.2) is 67.0 Å². The van der Waals surface area contributed by atoms with Gasteiger partial charge in [-0.3, -0.25) is 0 Å². The topological polar surface area (TPSA) is 0 Å². The van der Waals surface area contributed by atoms with Crippen LogP contribution in [0.4, 0.5) is 0 Å². The van der Waals surface area contributed by atoms with Crippen molar-refractivity contribution < 1.29 is 0 Å². The van der Waals surface area contributed by atoms with Gasteiger partial charge in [-0.25, -0.2) is 0 Å². The van der Waals surface area contributed by atoms with E-state index in [-0.39, 0.29) is 0 Å². The fraction of sp³-hybridized carbons (Fsp3) is 0.294. The first-order chi connectivity index (χ1) is 8.80. The SMILES string of the molecule is C=C[Si](C=C)(c1ccccc1)[C@@H]1C[C@H]2C=C[C@@H]1C2. The summed E-state index contributed by atoms with van der Waals surface area (Å²) in [5.41, 5.74) is 5.26. The molecule has 92 valence electrons. The molecule has 2 aliphatic rings. The standard InChI is InChI=1S/C17H20Si/c1-3-18(4-2,16-8-6-5-7-9-16)17-13-14-10-11-15(17)12-14/h3-11,14-15,17H,1-2,12-13H2/t14-,15+,17+/m0/s1. The van der Waals surface area contributed by atoms with Gasteiger partial charge < -0.3 is 0 Å². The van der Waals surface area contributed by atoms with Crippen LogP contribution in [0.5, 0.6) is 0 Å². The highest BCUT2D eigenvalue weighted by molar-refractivity contribution is 7.00. The summed E-state index contributed by atoms with van der Waals surface area (Å²) >= 11 is 0. The smallest absolute Gasteiger partial charge is 0.106 e. The zero-order valence-electron chi connectivity index (χ0n) is 10.8. The Hall–Kier alpha value is -1.34. The summed E-state index contributed by atoms with van der Waals surface area (Å²) in [6, 6.07) is 10.9. The van der Waals surface area contributed by atoms with Crippen LogP contribution in [0, 0.1) is 11.8 Å². The summed E-state index contributed by atoms with van der Waals surface area (Å²) < 4.78 is 0. The maximum atomic E-state index is 4.17. The van der Waals surface area contributed by atoms with Crippen LogP contribution < -0.4 is 5.19 Å². The first kappa shape index (κ1) is 11.7. The lowest BCUT2D eigenvalue weighted by Crippen LogP contribution is -2.50. The van der Waals surface area contributed by atoms with Crippen LogP contribution in [0.3, 0.4) is 0 Å². The van der Waals surface area contributed by atoms with E-state index in [1.165, 1.54) is 18.0 Å². The van der Waals surface area contributed by atoms with Crippen molar-refractivity contribution in [2.45, 2.75) is 18.4 Å². The minimum atomic E-state index is -1.76. The Balaban J connectivity index is 2.05. The highest BCUT2D eigenvalue weighted by Gasteiger charge is 2.47. The molecular formula is C17H20Si. The highest BCUT2D eigenvalue weighted by Crippen LogP contribution is 2.51. The van der Waals surface area contributed by atoms with Gasteiger partial charge in [0.05, 0.1) is 0 Å². The van der Waals surface area contributed by atoms with Crippen molar-refractivity contribution in [3.63, 3.8) is 0 Å². The second kappa shape index (κ2) is 4.40. The van der Waals surface area contributed by atoms with E-state index in [9.17, 15) is 0 Å². The summed E-state index contributed by atoms with van der Waals surface area (Å²) in [7, 11) is -1.76. The van der Waals surface area contributed by atoms with Crippen molar-refractivity contribution in [2.75, 3.05) is 0 Å². The Morgan fingerprint density at radius 1 is 1.00 bits per heavy atom. The molecule has 18 heavy (non-hydrogen) atoms. The molecule has 0 unspecified atom stereocenters. The fourth-order valence-electron chi connectivity index (χ4n) is 3.89. The number of allylic oxidation sites excluding steroid dienone is 2. The van der Waals surface area contributed by atoms with Crippen molar-refractivity contribution in [2.24, 2.45) is 11.8 Å². The van der Waals surface area contributed by atoms with Gasteiger partial charge in [-0.15, -0.1) is 13.2 Å². The Bertz CT molecular complexity index is 478. The Kier molecular flexibility index (Phi) is 2.87. The summed E-state index contributed by atoms with van der Waals surface area (Å²) in [5, 5.41) is 1.47. The third-order valence-electron chi connectivity index (χ3n) is 4.84. The van der Waals surface area contributed by atoms with E-state index in [0.717, 1.165) is 17.4 Å². The van der Waals surface area contributed by atoms with Crippen molar-refractivity contribution in [1.29, 1.82) is 0 Å². The zero-order chi connectivity index (χ0) is 12.6. The molecule has 0 saturated heterocycles. The molecule has 1 aromatic carbocycles. The Morgan fingerprint density at radius 3 is 2.22 bits per heavy atom. The third kappa shape index (κ3) is 1.58. The molecule has 0 amide bonds. The maximum Gasteiger partial charge on any atom is 0.136 e. The minimum absolute atomic E-state index is 0.762. The van der Waals surface area contributed by atoms with Crippen molar-refractivity contribution in [1.82, 2.24) is 0 Å². The van der Waals surface area contributed by atoms with Gasteiger partial charge in [0.1, 0.15) is 8.07 Å². The maximum absolute atomic E-state index is 4.17. The predicted octanol–water partition coefficient (Wildman–Crippen LogP) is 3.76. The molecule has 0 heterocycles. The van der Waals surface area contributed by atoms with Crippen LogP contribution in [0.2, 0.25) is 5.54 Å². The summed E-state index contributed by atoms with van der Waals surface area (Å²) in [6.07, 6.45) is 7.54. The van der Waals surface area contributed by atoms with Crippen molar-refractivity contribution in [3.8, 4) is 0 Å². The quantitative estimate of drug-likeness (QED) is 0.565. The molecule has 1 saturated carbocycles. The molecule has 0 N–H and O–H groups in total. The van der Waals surface area contributed by atoms with E-state index in [0.29, 0.717) is 0 Å². The molecule has 3 rings (SSSR count). The third-order valence-corrected chi connectivity index (χ3v) is 9.42. The first-order valence-electron chi connectivity index (χ1n) is 6.81. The van der Waals surface area contributed by atoms with Gasteiger partial charge >= 0.3 is 0 Å². The van der Waals surface area contributed by atoms with E-state index >= 15 is 0 Å². The van der Waals surface area contributed by atoms with Gasteiger partial charge in [0.2, 0.25) is 0 Å². The lowest BCUT2D eigenvalue weighted by molar-refractivity contribution is 0.682. The predicted molar refractivity (Wildman–Crippen MR) is 81.3 cm³/mol. The number of rotatable bonds is 4. The molecule has 0 aromatic heterocycles. The van der Waals surface area contributed by atoms with E-state index in [1.54, 1.807) is 0 Å². The second-order valence-electron chi connectivity index (χ2n) is 5.59. The normalized spacial score (nSPS) is 29.4. The second-order valence-corrected chi connectivity index (χ2v) is 9.60. The average Bonchev–Trinajstić information content (AvgIpc) is 3.05. The minimum Gasteiger partial charge on any atom is -0.106 e. The van der Waals surface area contributed by atoms with Gasteiger partial charge in [-0.05, 0) is 30.2 Å². The van der Waals surface area contributed by atoms with Gasteiger partial charge in [0.15, 0.2) is 0 Å². The Morgan fingerprint density at radius 2 is 1.72 bits per heavy atom. The summed E-state index contributed by atoms with van der Waals surface area (Å²) in [4.78, 5) is 0. The molecule has 1 aromatic rings. The zero-order valence-corrected chi connectivity index (χ0v) is 11.8. The molecule has 0 spiro atoms. The molecule has 3 atom stereocenters. The van der Waals surface area contributed by atoms with Gasteiger partial charge in [-0.2, -0.15) is 0 Å². The molecule has 0 nitrogen and oxygen atoms in total. The fourth-order valence-corrected chi connectivity index (χ4v) is 7.98. The average molecular weight is 252 g/mol. The molecule has 0 radical (unpaired) electrons. The number of hydrogen-bond donors (Lipinski definition) is 0. The highest BCUT2D eigenvalue weighted by atomic mass is 28.3. The lowest BCUT2D eigenvalue weighted by atomic mass is 10.1. The van der Waals surface area contributed by atoms with Crippen LogP contribution in [0.1, 0.15) is 12.8 Å². The molecule has 1 fully saturated rings. The molecular weight excluding hydrogens is 232 g/mol. The van der Waals surface area contributed by atoms with Crippen LogP contribution >= 0.6 is 0 Å². The number of hydrogen-bond acceptors (Lipinski definition) is 0. The molecule has 2 aliphatic carbocycles. The van der Waals surface area contributed by atoms with Gasteiger partial charge in [0, 0.05) is 0 Å². The summed E-state index contributed by atoms with van der Waals surface area (Å²) in [5.74, 6) is 1.58.